The number of methoxy groups -OCH3 is 1. The van der Waals surface area contributed by atoms with Crippen LogP contribution in [-0.4, -0.2) is 24.7 Å². The van der Waals surface area contributed by atoms with E-state index in [1.54, 1.807) is 0 Å². The van der Waals surface area contributed by atoms with Gasteiger partial charge in [-0.1, -0.05) is 82.2 Å². The minimum Gasteiger partial charge on any atom is -0.465 e. The van der Waals surface area contributed by atoms with Gasteiger partial charge in [-0.05, 0) is 31.1 Å². The molecule has 2 rings (SSSR count). The first-order chi connectivity index (χ1) is 14.6. The summed E-state index contributed by atoms with van der Waals surface area (Å²) >= 11 is 6.99. The molecule has 0 atom stereocenters. The number of nitrogens with one attached hydrogen (secondary N) is 2. The van der Waals surface area contributed by atoms with Crippen molar-refractivity contribution < 1.29 is 9.53 Å². The monoisotopic (exact) mass is 446 g/mol. The molecule has 0 saturated carbocycles. The van der Waals surface area contributed by atoms with E-state index in [2.05, 4.69) is 17.6 Å². The average Bonchev–Trinajstić information content (AvgIpc) is 3.08. The van der Waals surface area contributed by atoms with Gasteiger partial charge in [0.15, 0.2) is 5.11 Å². The third kappa shape index (κ3) is 7.40. The van der Waals surface area contributed by atoms with E-state index in [0.717, 1.165) is 34.0 Å². The van der Waals surface area contributed by atoms with Crippen molar-refractivity contribution in [2.24, 2.45) is 0 Å². The van der Waals surface area contributed by atoms with Crippen LogP contribution in [-0.2, 0) is 4.74 Å². The maximum atomic E-state index is 12.5. The van der Waals surface area contributed by atoms with Gasteiger partial charge in [0.1, 0.15) is 10.6 Å². The smallest absolute Gasteiger partial charge is 0.341 e. The number of rotatable bonds is 12. The first-order valence-corrected chi connectivity index (χ1v) is 12.1. The molecule has 164 valence electrons. The quantitative estimate of drug-likeness (QED) is 0.210. The molecule has 0 radical (unpaired) electrons. The van der Waals surface area contributed by atoms with Crippen molar-refractivity contribution in [3.8, 4) is 11.1 Å². The number of esters is 1. The zero-order valence-electron chi connectivity index (χ0n) is 18.4. The van der Waals surface area contributed by atoms with Crippen LogP contribution in [0.25, 0.3) is 11.1 Å². The summed E-state index contributed by atoms with van der Waals surface area (Å²) in [6.45, 7) is 5.10. The first kappa shape index (κ1) is 24.4. The summed E-state index contributed by atoms with van der Waals surface area (Å²) in [5, 5.41) is 7.76. The molecule has 1 aromatic heterocycles. The molecule has 0 unspecified atom stereocenters. The summed E-state index contributed by atoms with van der Waals surface area (Å²) in [7, 11) is 1.41. The summed E-state index contributed by atoms with van der Waals surface area (Å²) < 4.78 is 5.06. The molecule has 0 saturated heterocycles. The normalized spacial score (nSPS) is 10.6. The highest BCUT2D eigenvalue weighted by Gasteiger charge is 2.24. The molecule has 0 aliphatic heterocycles. The highest BCUT2D eigenvalue weighted by atomic mass is 32.1. The number of carbonyl (C=O) groups is 1. The number of hydrogen-bond acceptors (Lipinski definition) is 4. The maximum Gasteiger partial charge on any atom is 0.341 e. The van der Waals surface area contributed by atoms with Gasteiger partial charge in [0.05, 0.1) is 7.11 Å². The van der Waals surface area contributed by atoms with Crippen LogP contribution < -0.4 is 10.6 Å². The number of aryl methyl sites for hydroxylation is 1. The fraction of sp³-hybridized carbons (Fsp3) is 0.500. The van der Waals surface area contributed by atoms with Crippen LogP contribution >= 0.6 is 23.6 Å². The lowest BCUT2D eigenvalue weighted by molar-refractivity contribution is 0.0603. The van der Waals surface area contributed by atoms with E-state index in [1.165, 1.54) is 63.4 Å². The van der Waals surface area contributed by atoms with E-state index in [1.807, 2.05) is 37.3 Å². The molecule has 0 aliphatic rings. The number of benzene rings is 1. The lowest BCUT2D eigenvalue weighted by atomic mass is 10.0. The van der Waals surface area contributed by atoms with E-state index >= 15 is 0 Å². The lowest BCUT2D eigenvalue weighted by Gasteiger charge is -2.11. The Morgan fingerprint density at radius 1 is 1.03 bits per heavy atom. The van der Waals surface area contributed by atoms with Gasteiger partial charge in [-0.3, -0.25) is 0 Å². The summed E-state index contributed by atoms with van der Waals surface area (Å²) in [5.41, 5.74) is 2.45. The van der Waals surface area contributed by atoms with Crippen LogP contribution in [0.15, 0.2) is 30.3 Å². The fourth-order valence-electron chi connectivity index (χ4n) is 3.49. The Hall–Kier alpha value is -1.92. The Kier molecular flexibility index (Phi) is 10.9. The standard InChI is InChI=1S/C24H34N2O2S2/c1-4-5-6-7-8-9-10-14-17-25-24(29)26-22-21(23(27)28-3)20(18(2)30-22)19-15-12-11-13-16-19/h11-13,15-16H,4-10,14,17H2,1-3H3,(H2,25,26,29). The van der Waals surface area contributed by atoms with Crippen molar-refractivity contribution in [3.05, 3.63) is 40.8 Å². The number of unbranched alkanes of at least 4 members (excludes halogenated alkanes) is 7. The molecular weight excluding hydrogens is 412 g/mol. The lowest BCUT2D eigenvalue weighted by Crippen LogP contribution is -2.29. The summed E-state index contributed by atoms with van der Waals surface area (Å²) in [4.78, 5) is 13.6. The molecule has 0 amide bonds. The second kappa shape index (κ2) is 13.4. The molecule has 6 heteroatoms. The molecule has 1 heterocycles. The molecule has 2 N–H and O–H groups in total. The van der Waals surface area contributed by atoms with Crippen molar-refractivity contribution in [1.82, 2.24) is 5.32 Å². The van der Waals surface area contributed by atoms with Crippen LogP contribution in [0.4, 0.5) is 5.00 Å². The van der Waals surface area contributed by atoms with Crippen molar-refractivity contribution in [2.75, 3.05) is 19.0 Å². The highest BCUT2D eigenvalue weighted by Crippen LogP contribution is 2.40. The van der Waals surface area contributed by atoms with Gasteiger partial charge in [0.25, 0.3) is 0 Å². The largest absolute Gasteiger partial charge is 0.465 e. The number of thiocarbonyl (C=S) groups is 1. The van der Waals surface area contributed by atoms with Crippen molar-refractivity contribution in [1.29, 1.82) is 0 Å². The Balaban J connectivity index is 1.90. The van der Waals surface area contributed by atoms with Crippen LogP contribution in [0.3, 0.4) is 0 Å². The molecule has 0 bridgehead atoms. The number of thiophene rings is 1. The van der Waals surface area contributed by atoms with E-state index in [4.69, 9.17) is 17.0 Å². The number of anilines is 1. The van der Waals surface area contributed by atoms with Crippen LogP contribution in [0.5, 0.6) is 0 Å². The molecule has 4 nitrogen and oxygen atoms in total. The number of hydrogen-bond donors (Lipinski definition) is 2. The minimum absolute atomic E-state index is 0.355. The maximum absolute atomic E-state index is 12.5. The second-order valence-electron chi connectivity index (χ2n) is 7.45. The molecular formula is C24H34N2O2S2. The summed E-state index contributed by atoms with van der Waals surface area (Å²) in [6.07, 6.45) is 10.3. The molecule has 0 spiro atoms. The Bertz CT molecular complexity index is 803. The van der Waals surface area contributed by atoms with Gasteiger partial charge in [0, 0.05) is 17.0 Å². The zero-order valence-corrected chi connectivity index (χ0v) is 20.0. The van der Waals surface area contributed by atoms with Gasteiger partial charge in [-0.25, -0.2) is 4.79 Å². The molecule has 30 heavy (non-hydrogen) atoms. The van der Waals surface area contributed by atoms with Crippen LogP contribution in [0, 0.1) is 6.92 Å². The van der Waals surface area contributed by atoms with Crippen LogP contribution in [0.2, 0.25) is 0 Å². The zero-order chi connectivity index (χ0) is 21.8. The van der Waals surface area contributed by atoms with Gasteiger partial charge in [0.2, 0.25) is 0 Å². The van der Waals surface area contributed by atoms with Crippen molar-refractivity contribution >= 4 is 39.6 Å². The van der Waals surface area contributed by atoms with Crippen LogP contribution in [0.1, 0.15) is 73.5 Å². The molecule has 0 aliphatic carbocycles. The average molecular weight is 447 g/mol. The van der Waals surface area contributed by atoms with E-state index in [-0.39, 0.29) is 5.97 Å². The Morgan fingerprint density at radius 2 is 1.67 bits per heavy atom. The summed E-state index contributed by atoms with van der Waals surface area (Å²) in [5.74, 6) is -0.355. The SMILES string of the molecule is CCCCCCCCCCNC(=S)Nc1sc(C)c(-c2ccccc2)c1C(=O)OC. The molecule has 0 fully saturated rings. The van der Waals surface area contributed by atoms with E-state index < -0.39 is 0 Å². The van der Waals surface area contributed by atoms with E-state index in [0.29, 0.717) is 10.7 Å². The fourth-order valence-corrected chi connectivity index (χ4v) is 4.83. The number of carbonyl (C=O) groups excluding carboxylic acids is 1. The number of ether oxygens (including phenoxy) is 1. The summed E-state index contributed by atoms with van der Waals surface area (Å²) in [6, 6.07) is 9.91. The van der Waals surface area contributed by atoms with E-state index in [9.17, 15) is 4.79 Å². The first-order valence-electron chi connectivity index (χ1n) is 10.9. The predicted octanol–water partition coefficient (Wildman–Crippen LogP) is 6.94. The minimum atomic E-state index is -0.355. The molecule has 1 aromatic carbocycles. The van der Waals surface area contributed by atoms with Gasteiger partial charge < -0.3 is 15.4 Å². The topological polar surface area (TPSA) is 50.4 Å². The van der Waals surface area contributed by atoms with Gasteiger partial charge >= 0.3 is 5.97 Å². The Labute approximate surface area is 190 Å². The van der Waals surface area contributed by atoms with Gasteiger partial charge in [-0.2, -0.15) is 0 Å². The van der Waals surface area contributed by atoms with Gasteiger partial charge in [-0.15, -0.1) is 11.3 Å². The van der Waals surface area contributed by atoms with Crippen molar-refractivity contribution in [3.63, 3.8) is 0 Å². The predicted molar refractivity (Wildman–Crippen MR) is 133 cm³/mol. The van der Waals surface area contributed by atoms with Crippen molar-refractivity contribution in [2.45, 2.75) is 65.2 Å². The third-order valence-electron chi connectivity index (χ3n) is 5.08. The Morgan fingerprint density at radius 3 is 2.30 bits per heavy atom. The second-order valence-corrected chi connectivity index (χ2v) is 9.08. The highest BCUT2D eigenvalue weighted by molar-refractivity contribution is 7.80. The third-order valence-corrected chi connectivity index (χ3v) is 6.35. The molecule has 2 aromatic rings.